The summed E-state index contributed by atoms with van der Waals surface area (Å²) in [5.74, 6) is -1.37. The van der Waals surface area contributed by atoms with Gasteiger partial charge in [-0.2, -0.15) is 13.2 Å². The van der Waals surface area contributed by atoms with E-state index in [0.29, 0.717) is 0 Å². The van der Waals surface area contributed by atoms with Crippen molar-refractivity contribution in [2.24, 2.45) is 0 Å². The monoisotopic (exact) mass is 341 g/mol. The Hall–Kier alpha value is -2.57. The van der Waals surface area contributed by atoms with Crippen LogP contribution in [0.5, 0.6) is 5.75 Å². The summed E-state index contributed by atoms with van der Waals surface area (Å²) in [6, 6.07) is 9.85. The molecular weight excluding hydrogens is 326 g/mol. The Bertz CT molecular complexity index is 716. The highest BCUT2D eigenvalue weighted by Crippen LogP contribution is 2.30. The van der Waals surface area contributed by atoms with Crippen LogP contribution < -0.4 is 10.1 Å². The van der Waals surface area contributed by atoms with Crippen molar-refractivity contribution in [2.75, 3.05) is 5.32 Å². The second-order valence-corrected chi connectivity index (χ2v) is 5.01. The molecule has 0 aliphatic rings. The molecule has 0 radical (unpaired) electrons. The summed E-state index contributed by atoms with van der Waals surface area (Å²) in [7, 11) is 0. The van der Waals surface area contributed by atoms with Gasteiger partial charge in [-0.15, -0.1) is 0 Å². The molecule has 7 heteroatoms. The maximum atomic E-state index is 13.6. The fraction of sp³-hybridized carbons (Fsp3) is 0.235. The SMILES string of the molecule is CC[C@H](Oc1ccccc1F)C(=O)Nc1cccc(C(F)(F)F)c1. The minimum absolute atomic E-state index is 0.00888. The largest absolute Gasteiger partial charge is 0.478 e. The Morgan fingerprint density at radius 1 is 1.17 bits per heavy atom. The number of hydrogen-bond acceptors (Lipinski definition) is 2. The van der Waals surface area contributed by atoms with Crippen LogP contribution in [0.3, 0.4) is 0 Å². The van der Waals surface area contributed by atoms with Gasteiger partial charge < -0.3 is 10.1 Å². The zero-order valence-corrected chi connectivity index (χ0v) is 12.7. The van der Waals surface area contributed by atoms with Crippen molar-refractivity contribution < 1.29 is 27.1 Å². The van der Waals surface area contributed by atoms with Gasteiger partial charge in [0, 0.05) is 5.69 Å². The lowest BCUT2D eigenvalue weighted by Crippen LogP contribution is -2.32. The van der Waals surface area contributed by atoms with E-state index in [1.165, 1.54) is 30.3 Å². The van der Waals surface area contributed by atoms with E-state index in [2.05, 4.69) is 5.32 Å². The highest BCUT2D eigenvalue weighted by atomic mass is 19.4. The molecule has 0 unspecified atom stereocenters. The van der Waals surface area contributed by atoms with Crippen LogP contribution in [-0.2, 0) is 11.0 Å². The van der Waals surface area contributed by atoms with Crippen molar-refractivity contribution in [1.29, 1.82) is 0 Å². The molecule has 0 saturated heterocycles. The van der Waals surface area contributed by atoms with Gasteiger partial charge in [0.05, 0.1) is 5.56 Å². The van der Waals surface area contributed by atoms with E-state index < -0.39 is 29.6 Å². The number of amides is 1. The molecule has 0 spiro atoms. The van der Waals surface area contributed by atoms with E-state index in [1.807, 2.05) is 0 Å². The van der Waals surface area contributed by atoms with E-state index in [9.17, 15) is 22.4 Å². The smallest absolute Gasteiger partial charge is 0.416 e. The highest BCUT2D eigenvalue weighted by Gasteiger charge is 2.30. The van der Waals surface area contributed by atoms with E-state index in [-0.39, 0.29) is 17.9 Å². The average Bonchev–Trinajstić information content (AvgIpc) is 2.53. The van der Waals surface area contributed by atoms with Gasteiger partial charge in [-0.1, -0.05) is 25.1 Å². The lowest BCUT2D eigenvalue weighted by atomic mass is 10.2. The van der Waals surface area contributed by atoms with Crippen LogP contribution in [0.25, 0.3) is 0 Å². The average molecular weight is 341 g/mol. The van der Waals surface area contributed by atoms with Crippen LogP contribution in [0.4, 0.5) is 23.2 Å². The van der Waals surface area contributed by atoms with Crippen molar-refractivity contribution in [3.8, 4) is 5.75 Å². The Morgan fingerprint density at radius 2 is 1.88 bits per heavy atom. The molecule has 24 heavy (non-hydrogen) atoms. The first-order valence-corrected chi connectivity index (χ1v) is 7.20. The number of halogens is 4. The third kappa shape index (κ3) is 4.47. The van der Waals surface area contributed by atoms with Crippen LogP contribution in [0.2, 0.25) is 0 Å². The molecule has 3 nitrogen and oxygen atoms in total. The molecule has 0 bridgehead atoms. The lowest BCUT2D eigenvalue weighted by Gasteiger charge is -2.18. The third-order valence-corrected chi connectivity index (χ3v) is 3.23. The predicted molar refractivity (Wildman–Crippen MR) is 81.2 cm³/mol. The molecule has 2 aromatic rings. The van der Waals surface area contributed by atoms with Gasteiger partial charge in [0.25, 0.3) is 5.91 Å². The van der Waals surface area contributed by atoms with Gasteiger partial charge in [-0.25, -0.2) is 4.39 Å². The molecule has 128 valence electrons. The number of ether oxygens (including phenoxy) is 1. The molecule has 0 heterocycles. The molecule has 0 aliphatic carbocycles. The van der Waals surface area contributed by atoms with Crippen LogP contribution >= 0.6 is 0 Å². The molecule has 1 amide bonds. The summed E-state index contributed by atoms with van der Waals surface area (Å²) >= 11 is 0. The van der Waals surface area contributed by atoms with Gasteiger partial charge in [0.15, 0.2) is 17.7 Å². The summed E-state index contributed by atoms with van der Waals surface area (Å²) in [5.41, 5.74) is -0.881. The van der Waals surface area contributed by atoms with Crippen LogP contribution in [0, 0.1) is 5.82 Å². The second-order valence-electron chi connectivity index (χ2n) is 5.01. The molecule has 2 aromatic carbocycles. The topological polar surface area (TPSA) is 38.3 Å². The van der Waals surface area contributed by atoms with E-state index in [0.717, 1.165) is 12.1 Å². The lowest BCUT2D eigenvalue weighted by molar-refractivity contribution is -0.137. The summed E-state index contributed by atoms with van der Waals surface area (Å²) in [6.07, 6.45) is -5.32. The Labute approximate surface area is 136 Å². The van der Waals surface area contributed by atoms with Crippen molar-refractivity contribution in [2.45, 2.75) is 25.6 Å². The predicted octanol–water partition coefficient (Wildman–Crippen LogP) is 4.64. The summed E-state index contributed by atoms with van der Waals surface area (Å²) in [6.45, 7) is 1.65. The van der Waals surface area contributed by atoms with E-state index >= 15 is 0 Å². The van der Waals surface area contributed by atoms with Gasteiger partial charge >= 0.3 is 6.18 Å². The maximum absolute atomic E-state index is 13.6. The second kappa shape index (κ2) is 7.33. The standard InChI is InChI=1S/C17H15F4NO2/c1-2-14(24-15-9-4-3-8-13(15)18)16(23)22-12-7-5-6-11(10-12)17(19,20)21/h3-10,14H,2H2,1H3,(H,22,23)/t14-/m0/s1. The number of para-hydroxylation sites is 1. The quantitative estimate of drug-likeness (QED) is 0.805. The van der Waals surface area contributed by atoms with Crippen molar-refractivity contribution in [3.63, 3.8) is 0 Å². The fourth-order valence-electron chi connectivity index (χ4n) is 2.01. The first-order valence-electron chi connectivity index (χ1n) is 7.20. The van der Waals surface area contributed by atoms with Crippen LogP contribution in [-0.4, -0.2) is 12.0 Å². The van der Waals surface area contributed by atoms with Crippen LogP contribution in [0.1, 0.15) is 18.9 Å². The van der Waals surface area contributed by atoms with Gasteiger partial charge in [-0.3, -0.25) is 4.79 Å². The minimum atomic E-state index is -4.51. The summed E-state index contributed by atoms with van der Waals surface area (Å²) < 4.78 is 56.9. The number of carbonyl (C=O) groups is 1. The molecule has 2 rings (SSSR count). The zero-order valence-electron chi connectivity index (χ0n) is 12.7. The number of hydrogen-bond donors (Lipinski definition) is 1. The fourth-order valence-corrected chi connectivity index (χ4v) is 2.01. The van der Waals surface area contributed by atoms with Crippen molar-refractivity contribution in [3.05, 3.63) is 59.9 Å². The van der Waals surface area contributed by atoms with Crippen molar-refractivity contribution >= 4 is 11.6 Å². The van der Waals surface area contributed by atoms with E-state index in [4.69, 9.17) is 4.74 Å². The normalized spacial score (nSPS) is 12.5. The molecule has 0 saturated carbocycles. The third-order valence-electron chi connectivity index (χ3n) is 3.23. The van der Waals surface area contributed by atoms with Gasteiger partial charge in [0.1, 0.15) is 0 Å². The van der Waals surface area contributed by atoms with Crippen molar-refractivity contribution in [1.82, 2.24) is 0 Å². The Kier molecular flexibility index (Phi) is 5.43. The summed E-state index contributed by atoms with van der Waals surface area (Å²) in [5, 5.41) is 2.36. The molecule has 0 aliphatic heterocycles. The molecule has 0 aromatic heterocycles. The number of alkyl halides is 3. The number of carbonyl (C=O) groups excluding carboxylic acids is 1. The molecule has 1 atom stereocenters. The number of rotatable bonds is 5. The minimum Gasteiger partial charge on any atom is -0.478 e. The summed E-state index contributed by atoms with van der Waals surface area (Å²) in [4.78, 5) is 12.2. The van der Waals surface area contributed by atoms with Crippen LogP contribution in [0.15, 0.2) is 48.5 Å². The maximum Gasteiger partial charge on any atom is 0.416 e. The number of benzene rings is 2. The first-order chi connectivity index (χ1) is 11.3. The highest BCUT2D eigenvalue weighted by molar-refractivity contribution is 5.94. The molecule has 0 fully saturated rings. The molecular formula is C17H15F4NO2. The van der Waals surface area contributed by atoms with Gasteiger partial charge in [-0.05, 0) is 36.8 Å². The van der Waals surface area contributed by atoms with Gasteiger partial charge in [0.2, 0.25) is 0 Å². The first kappa shape index (κ1) is 17.8. The number of anilines is 1. The van der Waals surface area contributed by atoms with E-state index in [1.54, 1.807) is 13.0 Å². The Morgan fingerprint density at radius 3 is 2.50 bits per heavy atom. The zero-order chi connectivity index (χ0) is 17.7. The number of nitrogens with one attached hydrogen (secondary N) is 1. The molecule has 1 N–H and O–H groups in total. The Balaban J connectivity index is 2.11.